The van der Waals surface area contributed by atoms with Gasteiger partial charge in [0.05, 0.1) is 13.1 Å². The van der Waals surface area contributed by atoms with Crippen LogP contribution in [0.2, 0.25) is 0 Å². The second-order valence-corrected chi connectivity index (χ2v) is 4.13. The van der Waals surface area contributed by atoms with E-state index in [0.29, 0.717) is 13.1 Å². The number of unbranched alkanes of at least 4 members (excludes halogenated alkanes) is 7. The Morgan fingerprint density at radius 2 is 1.00 bits per heavy atom. The Morgan fingerprint density at radius 1 is 0.611 bits per heavy atom. The monoisotopic (exact) mass is 252 g/mol. The van der Waals surface area contributed by atoms with E-state index < -0.39 is 0 Å². The van der Waals surface area contributed by atoms with Gasteiger partial charge in [0, 0.05) is 0 Å². The zero-order valence-electron chi connectivity index (χ0n) is 11.1. The number of rotatable bonds is 13. The summed E-state index contributed by atoms with van der Waals surface area (Å²) in [6, 6.07) is 0. The number of carbonyl (C=O) groups is 2. The maximum absolute atomic E-state index is 9.98. The van der Waals surface area contributed by atoms with Crippen LogP contribution in [0.25, 0.3) is 0 Å². The van der Waals surface area contributed by atoms with Crippen molar-refractivity contribution < 1.29 is 9.59 Å². The molecule has 4 heteroatoms. The molecule has 102 valence electrons. The van der Waals surface area contributed by atoms with Gasteiger partial charge in [-0.1, -0.05) is 25.7 Å². The number of hydrogen-bond donors (Lipinski definition) is 0. The lowest BCUT2D eigenvalue weighted by Crippen LogP contribution is -1.85. The minimum atomic E-state index is 0.297. The van der Waals surface area contributed by atoms with E-state index in [0.717, 1.165) is 38.3 Å². The molecular formula is C14H24N2O2. The molecule has 0 bridgehead atoms. The molecule has 0 N–H and O–H groups in total. The summed E-state index contributed by atoms with van der Waals surface area (Å²) in [5, 5.41) is 0. The summed E-state index contributed by atoms with van der Waals surface area (Å²) in [4.78, 5) is 27.8. The fraction of sp³-hybridized carbons (Fsp3) is 0.714. The molecule has 0 amide bonds. The van der Waals surface area contributed by atoms with Crippen molar-refractivity contribution in [3.8, 4) is 0 Å². The minimum Gasteiger partial charge on any atom is -0.301 e. The first-order valence-corrected chi connectivity index (χ1v) is 6.75. The predicted octanol–water partition coefficient (Wildman–Crippen LogP) is 2.65. The van der Waals surface area contributed by atoms with Crippen LogP contribution in [0, 0.1) is 0 Å². The SMILES string of the molecule is O=CCN=CCCCCCCCCC=NCC=O. The molecule has 0 heterocycles. The number of aldehydes is 2. The molecule has 0 saturated heterocycles. The highest BCUT2D eigenvalue weighted by molar-refractivity contribution is 5.62. The Labute approximate surface area is 110 Å². The molecule has 0 rings (SSSR count). The summed E-state index contributed by atoms with van der Waals surface area (Å²) >= 11 is 0. The van der Waals surface area contributed by atoms with Crippen molar-refractivity contribution in [3.05, 3.63) is 0 Å². The Bertz CT molecular complexity index is 224. The molecule has 0 saturated carbocycles. The van der Waals surface area contributed by atoms with Crippen LogP contribution in [0.5, 0.6) is 0 Å². The van der Waals surface area contributed by atoms with E-state index in [1.54, 1.807) is 0 Å². The molecule has 0 unspecified atom stereocenters. The van der Waals surface area contributed by atoms with Crippen molar-refractivity contribution in [2.24, 2.45) is 9.98 Å². The molecule has 0 aliphatic heterocycles. The largest absolute Gasteiger partial charge is 0.301 e. The van der Waals surface area contributed by atoms with Crippen LogP contribution < -0.4 is 0 Å². The van der Waals surface area contributed by atoms with Gasteiger partial charge in [0.1, 0.15) is 12.6 Å². The summed E-state index contributed by atoms with van der Waals surface area (Å²) in [7, 11) is 0. The Balaban J connectivity index is 3.07. The van der Waals surface area contributed by atoms with E-state index in [-0.39, 0.29) is 0 Å². The van der Waals surface area contributed by atoms with E-state index in [2.05, 4.69) is 9.98 Å². The van der Waals surface area contributed by atoms with Crippen molar-refractivity contribution in [1.29, 1.82) is 0 Å². The average molecular weight is 252 g/mol. The summed E-state index contributed by atoms with van der Waals surface area (Å²) in [5.41, 5.74) is 0. The molecule has 0 spiro atoms. The van der Waals surface area contributed by atoms with Crippen LogP contribution >= 0.6 is 0 Å². The van der Waals surface area contributed by atoms with Crippen molar-refractivity contribution in [2.45, 2.75) is 51.4 Å². The second kappa shape index (κ2) is 15.7. The molecule has 0 aromatic carbocycles. The van der Waals surface area contributed by atoms with Crippen LogP contribution in [0.15, 0.2) is 9.98 Å². The lowest BCUT2D eigenvalue weighted by atomic mass is 10.1. The summed E-state index contributed by atoms with van der Waals surface area (Å²) in [6.45, 7) is 0.595. The van der Waals surface area contributed by atoms with Gasteiger partial charge in [-0.3, -0.25) is 9.98 Å². The van der Waals surface area contributed by atoms with Gasteiger partial charge in [-0.15, -0.1) is 0 Å². The van der Waals surface area contributed by atoms with E-state index in [1.807, 2.05) is 12.4 Å². The van der Waals surface area contributed by atoms with Crippen LogP contribution in [0.3, 0.4) is 0 Å². The lowest BCUT2D eigenvalue weighted by molar-refractivity contribution is -0.107. The van der Waals surface area contributed by atoms with E-state index in [1.165, 1.54) is 25.7 Å². The molecule has 0 aromatic rings. The van der Waals surface area contributed by atoms with Crippen LogP contribution in [0.1, 0.15) is 51.4 Å². The fourth-order valence-electron chi connectivity index (χ4n) is 1.60. The predicted molar refractivity (Wildman–Crippen MR) is 75.8 cm³/mol. The van der Waals surface area contributed by atoms with E-state index in [4.69, 9.17) is 0 Å². The van der Waals surface area contributed by atoms with Gasteiger partial charge in [0.25, 0.3) is 0 Å². The third-order valence-corrected chi connectivity index (χ3v) is 2.53. The first-order chi connectivity index (χ1) is 8.91. The van der Waals surface area contributed by atoms with E-state index >= 15 is 0 Å². The molecule has 0 atom stereocenters. The molecular weight excluding hydrogens is 228 g/mol. The van der Waals surface area contributed by atoms with Gasteiger partial charge < -0.3 is 9.59 Å². The van der Waals surface area contributed by atoms with Crippen LogP contribution in [-0.2, 0) is 9.59 Å². The zero-order chi connectivity index (χ0) is 13.3. The van der Waals surface area contributed by atoms with Gasteiger partial charge in [0.2, 0.25) is 0 Å². The summed E-state index contributed by atoms with van der Waals surface area (Å²) in [5.74, 6) is 0. The van der Waals surface area contributed by atoms with Crippen molar-refractivity contribution in [1.82, 2.24) is 0 Å². The Morgan fingerprint density at radius 3 is 1.39 bits per heavy atom. The zero-order valence-corrected chi connectivity index (χ0v) is 11.1. The van der Waals surface area contributed by atoms with Gasteiger partial charge in [-0.2, -0.15) is 0 Å². The first kappa shape index (κ1) is 16.7. The van der Waals surface area contributed by atoms with Crippen molar-refractivity contribution >= 4 is 25.0 Å². The quantitative estimate of drug-likeness (QED) is 0.287. The van der Waals surface area contributed by atoms with Gasteiger partial charge in [0.15, 0.2) is 0 Å². The summed E-state index contributed by atoms with van der Waals surface area (Å²) < 4.78 is 0. The average Bonchev–Trinajstić information content (AvgIpc) is 2.39. The van der Waals surface area contributed by atoms with E-state index in [9.17, 15) is 9.59 Å². The van der Waals surface area contributed by atoms with Crippen LogP contribution in [-0.4, -0.2) is 38.1 Å². The molecule has 0 fully saturated rings. The molecule has 0 radical (unpaired) electrons. The molecule has 0 aromatic heterocycles. The Hall–Kier alpha value is -1.32. The van der Waals surface area contributed by atoms with Crippen molar-refractivity contribution in [2.75, 3.05) is 13.1 Å². The van der Waals surface area contributed by atoms with Crippen LogP contribution in [0.4, 0.5) is 0 Å². The molecule has 0 aliphatic carbocycles. The minimum absolute atomic E-state index is 0.297. The van der Waals surface area contributed by atoms with Crippen molar-refractivity contribution in [3.63, 3.8) is 0 Å². The fourth-order valence-corrected chi connectivity index (χ4v) is 1.60. The number of aliphatic imine (C=N–C) groups is 2. The highest BCUT2D eigenvalue weighted by Crippen LogP contribution is 2.07. The molecule has 18 heavy (non-hydrogen) atoms. The smallest absolute Gasteiger partial charge is 0.141 e. The van der Waals surface area contributed by atoms with Gasteiger partial charge in [-0.05, 0) is 38.1 Å². The third-order valence-electron chi connectivity index (χ3n) is 2.53. The highest BCUT2D eigenvalue weighted by Gasteiger charge is 1.90. The second-order valence-electron chi connectivity index (χ2n) is 4.13. The topological polar surface area (TPSA) is 58.9 Å². The normalized spacial score (nSPS) is 11.3. The van der Waals surface area contributed by atoms with Gasteiger partial charge in [-0.25, -0.2) is 0 Å². The first-order valence-electron chi connectivity index (χ1n) is 6.75. The lowest BCUT2D eigenvalue weighted by Gasteiger charge is -1.98. The molecule has 0 aliphatic rings. The summed E-state index contributed by atoms with van der Waals surface area (Å²) in [6.07, 6.45) is 14.6. The standard InChI is InChI=1S/C14H24N2O2/c17-13-11-15-9-7-5-3-1-2-4-6-8-10-16-12-14-18/h9-10,13-14H,1-8,11-12H2. The maximum atomic E-state index is 9.98. The highest BCUT2D eigenvalue weighted by atomic mass is 16.1. The number of nitrogens with zero attached hydrogens (tertiary/aromatic N) is 2. The van der Waals surface area contributed by atoms with Gasteiger partial charge >= 0.3 is 0 Å². The molecule has 4 nitrogen and oxygen atoms in total. The maximum Gasteiger partial charge on any atom is 0.141 e. The number of carbonyl (C=O) groups excluding carboxylic acids is 2. The number of hydrogen-bond acceptors (Lipinski definition) is 4. The third kappa shape index (κ3) is 14.7. The Kier molecular flexibility index (Phi) is 14.5.